The van der Waals surface area contributed by atoms with Crippen molar-refractivity contribution in [1.82, 2.24) is 20.2 Å². The number of likely N-dealkylation sites (N-methyl/N-ethyl adjacent to an activating group) is 1. The van der Waals surface area contributed by atoms with Crippen LogP contribution in [0.5, 0.6) is 0 Å². The van der Waals surface area contributed by atoms with Crippen LogP contribution in [-0.2, 0) is 12.2 Å². The maximum atomic E-state index is 12.1. The number of nitrogens with zero attached hydrogens (tertiary/aromatic N) is 4. The van der Waals surface area contributed by atoms with Gasteiger partial charge in [0, 0.05) is 38.4 Å². The third-order valence-electron chi connectivity index (χ3n) is 4.13. The number of rotatable bonds is 11. The van der Waals surface area contributed by atoms with Crippen molar-refractivity contribution in [2.24, 2.45) is 0 Å². The summed E-state index contributed by atoms with van der Waals surface area (Å²) in [6, 6.07) is 5.59. The zero-order chi connectivity index (χ0) is 20.5. The lowest BCUT2D eigenvalue weighted by molar-refractivity contribution is 0.0922. The fourth-order valence-electron chi connectivity index (χ4n) is 2.54. The van der Waals surface area contributed by atoms with E-state index in [2.05, 4.69) is 34.0 Å². The first-order valence-corrected chi connectivity index (χ1v) is 10.6. The van der Waals surface area contributed by atoms with Gasteiger partial charge in [-0.1, -0.05) is 25.6 Å². The van der Waals surface area contributed by atoms with Crippen LogP contribution in [0, 0.1) is 0 Å². The van der Waals surface area contributed by atoms with Gasteiger partial charge in [0.05, 0.1) is 5.75 Å². The number of carbonyl (C=O) groups excluding carboxylic acids is 1. The maximum Gasteiger partial charge on any atom is 0.287 e. The van der Waals surface area contributed by atoms with Gasteiger partial charge in [0.2, 0.25) is 0 Å². The molecule has 154 valence electrons. The number of aryl methyl sites for hydroxylation is 1. The van der Waals surface area contributed by atoms with E-state index in [0.717, 1.165) is 48.4 Å². The normalized spacial score (nSPS) is 11.1. The van der Waals surface area contributed by atoms with Crippen LogP contribution in [-0.4, -0.2) is 61.6 Å². The lowest BCUT2D eigenvalue weighted by atomic mass is 10.3. The summed E-state index contributed by atoms with van der Waals surface area (Å²) in [5.41, 5.74) is 1.02. The highest BCUT2D eigenvalue weighted by molar-refractivity contribution is 7.98. The van der Waals surface area contributed by atoms with E-state index in [1.54, 1.807) is 6.07 Å². The summed E-state index contributed by atoms with van der Waals surface area (Å²) in [7, 11) is 5.98. The Labute approximate surface area is 171 Å². The van der Waals surface area contributed by atoms with Gasteiger partial charge >= 0.3 is 0 Å². The second-order valence-electron chi connectivity index (χ2n) is 6.89. The molecule has 0 aliphatic heterocycles. The molecule has 0 atom stereocenters. The van der Waals surface area contributed by atoms with Gasteiger partial charge in [-0.2, -0.15) is 0 Å². The van der Waals surface area contributed by atoms with E-state index >= 15 is 0 Å². The molecular weight excluding hydrogens is 374 g/mol. The summed E-state index contributed by atoms with van der Waals surface area (Å²) in [4.78, 5) is 25.6. The van der Waals surface area contributed by atoms with E-state index in [1.165, 1.54) is 11.8 Å². The zero-order valence-electron chi connectivity index (χ0n) is 17.5. The molecule has 0 bridgehead atoms. The maximum absolute atomic E-state index is 12.1. The Morgan fingerprint density at radius 2 is 1.96 bits per heavy atom. The largest absolute Gasteiger partial charge is 0.455 e. The van der Waals surface area contributed by atoms with E-state index in [9.17, 15) is 4.79 Å². The number of carbonyl (C=O) groups is 1. The summed E-state index contributed by atoms with van der Waals surface area (Å²) < 4.78 is 5.69. The molecule has 2 aromatic rings. The topological polar surface area (TPSA) is 74.5 Å². The van der Waals surface area contributed by atoms with E-state index in [1.807, 2.05) is 38.2 Å². The second-order valence-corrected chi connectivity index (χ2v) is 7.83. The van der Waals surface area contributed by atoms with Crippen molar-refractivity contribution in [2.45, 2.75) is 37.6 Å². The predicted molar refractivity (Wildman–Crippen MR) is 114 cm³/mol. The minimum absolute atomic E-state index is 0.189. The molecule has 28 heavy (non-hydrogen) atoms. The Morgan fingerprint density at radius 3 is 2.64 bits per heavy atom. The Balaban J connectivity index is 1.97. The van der Waals surface area contributed by atoms with Crippen LogP contribution >= 0.6 is 11.8 Å². The summed E-state index contributed by atoms with van der Waals surface area (Å²) in [6.07, 6.45) is 1.93. The fourth-order valence-corrected chi connectivity index (χ4v) is 3.31. The molecule has 0 radical (unpaired) electrons. The molecule has 0 saturated heterocycles. The van der Waals surface area contributed by atoms with Crippen molar-refractivity contribution in [2.75, 3.05) is 45.7 Å². The van der Waals surface area contributed by atoms with Gasteiger partial charge in [-0.25, -0.2) is 9.97 Å². The Morgan fingerprint density at radius 1 is 1.18 bits per heavy atom. The zero-order valence-corrected chi connectivity index (χ0v) is 18.3. The van der Waals surface area contributed by atoms with Gasteiger partial charge in [0.25, 0.3) is 5.91 Å². The highest BCUT2D eigenvalue weighted by Crippen LogP contribution is 2.24. The van der Waals surface area contributed by atoms with E-state index < -0.39 is 0 Å². The van der Waals surface area contributed by atoms with Gasteiger partial charge in [0.1, 0.15) is 11.6 Å². The van der Waals surface area contributed by atoms with Crippen molar-refractivity contribution in [3.05, 3.63) is 35.4 Å². The average Bonchev–Trinajstić information content (AvgIpc) is 3.15. The molecule has 0 spiro atoms. The minimum atomic E-state index is -0.189. The van der Waals surface area contributed by atoms with Crippen molar-refractivity contribution >= 4 is 23.5 Å². The molecule has 2 aromatic heterocycles. The van der Waals surface area contributed by atoms with Crippen LogP contribution < -0.4 is 10.2 Å². The first kappa shape index (κ1) is 22.2. The number of furan rings is 1. The number of aromatic nitrogens is 2. The minimum Gasteiger partial charge on any atom is -0.455 e. The van der Waals surface area contributed by atoms with Gasteiger partial charge in [-0.15, -0.1) is 0 Å². The number of thioether (sulfide) groups is 1. The number of hydrogen-bond acceptors (Lipinski definition) is 7. The molecule has 2 heterocycles. The van der Waals surface area contributed by atoms with Crippen LogP contribution in [0.4, 0.5) is 5.82 Å². The molecule has 8 heteroatoms. The molecule has 1 N–H and O–H groups in total. The first-order valence-electron chi connectivity index (χ1n) is 9.66. The van der Waals surface area contributed by atoms with Crippen LogP contribution in [0.3, 0.4) is 0 Å². The van der Waals surface area contributed by atoms with Crippen molar-refractivity contribution < 1.29 is 9.21 Å². The molecule has 0 aromatic carbocycles. The second kappa shape index (κ2) is 11.1. The highest BCUT2D eigenvalue weighted by atomic mass is 32.2. The summed E-state index contributed by atoms with van der Waals surface area (Å²) in [5.74, 6) is 2.40. The Hall–Kier alpha value is -2.06. The van der Waals surface area contributed by atoms with Crippen LogP contribution in [0.2, 0.25) is 0 Å². The Bertz CT molecular complexity index is 763. The van der Waals surface area contributed by atoms with E-state index in [0.29, 0.717) is 18.1 Å². The van der Waals surface area contributed by atoms with Gasteiger partial charge < -0.3 is 19.5 Å². The van der Waals surface area contributed by atoms with Gasteiger partial charge in [0.15, 0.2) is 10.9 Å². The van der Waals surface area contributed by atoms with Crippen LogP contribution in [0.25, 0.3) is 0 Å². The number of hydrogen-bond donors (Lipinski definition) is 1. The molecule has 0 aliphatic carbocycles. The standard InChI is InChI=1S/C20H31N5O2S/c1-6-11-25(5)18-13-15(7-2)22-20(23-18)28-14-16-8-9-17(27-16)19(26)21-10-12-24(3)4/h8-9,13H,6-7,10-12,14H2,1-5H3,(H,21,26). The van der Waals surface area contributed by atoms with Crippen LogP contribution in [0.15, 0.2) is 27.8 Å². The molecule has 0 fully saturated rings. The number of amides is 1. The number of anilines is 1. The molecular formula is C20H31N5O2S. The smallest absolute Gasteiger partial charge is 0.287 e. The van der Waals surface area contributed by atoms with Crippen molar-refractivity contribution in [3.8, 4) is 0 Å². The van der Waals surface area contributed by atoms with Crippen molar-refractivity contribution in [1.29, 1.82) is 0 Å². The average molecular weight is 406 g/mol. The third-order valence-corrected chi connectivity index (χ3v) is 5.00. The molecule has 2 rings (SSSR count). The molecule has 1 amide bonds. The fraction of sp³-hybridized carbons (Fsp3) is 0.550. The summed E-state index contributed by atoms with van der Waals surface area (Å²) in [6.45, 7) is 6.57. The highest BCUT2D eigenvalue weighted by Gasteiger charge is 2.13. The lowest BCUT2D eigenvalue weighted by Gasteiger charge is -2.18. The predicted octanol–water partition coefficient (Wildman–Crippen LogP) is 3.06. The molecule has 0 unspecified atom stereocenters. The lowest BCUT2D eigenvalue weighted by Crippen LogP contribution is -2.31. The summed E-state index contributed by atoms with van der Waals surface area (Å²) in [5, 5.41) is 3.58. The quantitative estimate of drug-likeness (QED) is 0.455. The molecule has 0 aliphatic rings. The van der Waals surface area contributed by atoms with Gasteiger partial charge in [-0.05, 0) is 39.1 Å². The Kier molecular flexibility index (Phi) is 8.79. The third kappa shape index (κ3) is 6.83. The van der Waals surface area contributed by atoms with Crippen LogP contribution in [0.1, 0.15) is 42.3 Å². The monoisotopic (exact) mass is 405 g/mol. The first-order chi connectivity index (χ1) is 13.4. The van der Waals surface area contributed by atoms with Gasteiger partial charge in [-0.3, -0.25) is 4.79 Å². The van der Waals surface area contributed by atoms with E-state index in [-0.39, 0.29) is 5.91 Å². The summed E-state index contributed by atoms with van der Waals surface area (Å²) >= 11 is 1.52. The van der Waals surface area contributed by atoms with E-state index in [4.69, 9.17) is 4.42 Å². The molecule has 7 nitrogen and oxygen atoms in total. The SMILES string of the molecule is CCCN(C)c1cc(CC)nc(SCc2ccc(C(=O)NCCN(C)C)o2)n1. The van der Waals surface area contributed by atoms with Crippen molar-refractivity contribution in [3.63, 3.8) is 0 Å². The molecule has 0 saturated carbocycles. The number of nitrogens with one attached hydrogen (secondary N) is 1.